The van der Waals surface area contributed by atoms with Gasteiger partial charge in [-0.05, 0) is 31.6 Å². The van der Waals surface area contributed by atoms with Gasteiger partial charge < -0.3 is 9.64 Å². The van der Waals surface area contributed by atoms with Gasteiger partial charge in [0.15, 0.2) is 0 Å². The summed E-state index contributed by atoms with van der Waals surface area (Å²) in [6.07, 6.45) is 3.91. The van der Waals surface area contributed by atoms with E-state index in [1.54, 1.807) is 0 Å². The fourth-order valence-corrected chi connectivity index (χ4v) is 3.52. The highest BCUT2D eigenvalue weighted by Crippen LogP contribution is 2.37. The molecule has 0 spiro atoms. The van der Waals surface area contributed by atoms with Gasteiger partial charge in [-0.25, -0.2) is 4.79 Å². The quantitative estimate of drug-likeness (QED) is 0.708. The molecule has 0 aromatic rings. The lowest BCUT2D eigenvalue weighted by Gasteiger charge is -2.37. The van der Waals surface area contributed by atoms with Crippen LogP contribution in [0.4, 0.5) is 4.79 Å². The van der Waals surface area contributed by atoms with Gasteiger partial charge in [0.25, 0.3) is 0 Å². The maximum absolute atomic E-state index is 12.1. The first-order valence-corrected chi connectivity index (χ1v) is 7.34. The van der Waals surface area contributed by atoms with Crippen LogP contribution >= 0.6 is 0 Å². The van der Waals surface area contributed by atoms with Gasteiger partial charge in [0.05, 0.1) is 6.54 Å². The van der Waals surface area contributed by atoms with Crippen molar-refractivity contribution in [1.82, 2.24) is 9.80 Å². The van der Waals surface area contributed by atoms with E-state index in [1.165, 1.54) is 19.3 Å². The molecule has 1 aliphatic carbocycles. The van der Waals surface area contributed by atoms with Crippen LogP contribution in [0.1, 0.15) is 26.2 Å². The lowest BCUT2D eigenvalue weighted by molar-refractivity contribution is -0.0190. The molecule has 2 atom stereocenters. The Labute approximate surface area is 115 Å². The Morgan fingerprint density at radius 3 is 2.53 bits per heavy atom. The summed E-state index contributed by atoms with van der Waals surface area (Å²) >= 11 is 0. The number of hydrogen-bond donors (Lipinski definition) is 0. The van der Waals surface area contributed by atoms with E-state index in [2.05, 4.69) is 16.7 Å². The Bertz CT molecular complexity index is 394. The van der Waals surface area contributed by atoms with Gasteiger partial charge in [-0.15, -0.1) is 5.92 Å². The average molecular weight is 262 g/mol. The molecule has 4 heteroatoms. The molecule has 4 nitrogen and oxygen atoms in total. The normalized spacial score (nSPS) is 30.5. The van der Waals surface area contributed by atoms with Crippen LogP contribution in [-0.2, 0) is 4.74 Å². The van der Waals surface area contributed by atoms with Crippen LogP contribution in [0.3, 0.4) is 0 Å². The van der Waals surface area contributed by atoms with Crippen LogP contribution in [0.15, 0.2) is 0 Å². The minimum Gasteiger partial charge on any atom is -0.443 e. The fraction of sp³-hybridized carbons (Fsp3) is 0.800. The van der Waals surface area contributed by atoms with Crippen molar-refractivity contribution in [3.05, 3.63) is 0 Å². The maximum Gasteiger partial charge on any atom is 0.410 e. The van der Waals surface area contributed by atoms with Gasteiger partial charge in [0, 0.05) is 26.2 Å². The highest BCUT2D eigenvalue weighted by molar-refractivity contribution is 5.68. The van der Waals surface area contributed by atoms with Gasteiger partial charge in [-0.2, -0.15) is 0 Å². The topological polar surface area (TPSA) is 32.8 Å². The predicted molar refractivity (Wildman–Crippen MR) is 72.6 cm³/mol. The third kappa shape index (κ3) is 2.71. The molecule has 19 heavy (non-hydrogen) atoms. The monoisotopic (exact) mass is 262 g/mol. The molecule has 3 fully saturated rings. The third-order valence-electron chi connectivity index (χ3n) is 4.66. The summed E-state index contributed by atoms with van der Waals surface area (Å²) in [4.78, 5) is 16.2. The van der Waals surface area contributed by atoms with Crippen LogP contribution < -0.4 is 0 Å². The molecular formula is C15H22N2O2. The van der Waals surface area contributed by atoms with Crippen LogP contribution in [0.5, 0.6) is 0 Å². The van der Waals surface area contributed by atoms with Crippen molar-refractivity contribution in [2.24, 2.45) is 11.8 Å². The Morgan fingerprint density at radius 1 is 1.21 bits per heavy atom. The Morgan fingerprint density at radius 2 is 1.89 bits per heavy atom. The number of nitrogens with zero attached hydrogens (tertiary/aromatic N) is 2. The number of amides is 1. The second-order valence-corrected chi connectivity index (χ2v) is 5.98. The average Bonchev–Trinajstić information content (AvgIpc) is 2.91. The van der Waals surface area contributed by atoms with E-state index in [9.17, 15) is 4.79 Å². The lowest BCUT2D eigenvalue weighted by atomic mass is 10.0. The van der Waals surface area contributed by atoms with Crippen molar-refractivity contribution < 1.29 is 9.53 Å². The zero-order valence-electron chi connectivity index (χ0n) is 11.6. The Balaban J connectivity index is 1.39. The number of ether oxygens (including phenoxy) is 1. The second kappa shape index (κ2) is 5.42. The molecule has 0 radical (unpaired) electrons. The summed E-state index contributed by atoms with van der Waals surface area (Å²) in [5.41, 5.74) is 0. The second-order valence-electron chi connectivity index (χ2n) is 5.98. The van der Waals surface area contributed by atoms with Crippen molar-refractivity contribution in [2.75, 3.05) is 32.7 Å². The predicted octanol–water partition coefficient (Wildman–Crippen LogP) is 1.56. The van der Waals surface area contributed by atoms with Gasteiger partial charge in [0.2, 0.25) is 0 Å². The van der Waals surface area contributed by atoms with Crippen molar-refractivity contribution in [1.29, 1.82) is 0 Å². The molecule has 2 saturated heterocycles. The maximum atomic E-state index is 12.1. The zero-order chi connectivity index (χ0) is 13.2. The third-order valence-corrected chi connectivity index (χ3v) is 4.66. The van der Waals surface area contributed by atoms with Crippen molar-refractivity contribution in [2.45, 2.75) is 32.3 Å². The molecule has 2 heterocycles. The SMILES string of the molecule is CC#CCN1CC(OC(=O)N2CC3CCCC3C2)C1. The summed E-state index contributed by atoms with van der Waals surface area (Å²) in [6, 6.07) is 0. The number of hydrogen-bond acceptors (Lipinski definition) is 3. The summed E-state index contributed by atoms with van der Waals surface area (Å²) in [5.74, 6) is 7.40. The Hall–Kier alpha value is -1.21. The zero-order valence-corrected chi connectivity index (χ0v) is 11.6. The van der Waals surface area contributed by atoms with E-state index in [-0.39, 0.29) is 12.2 Å². The van der Waals surface area contributed by atoms with Crippen LogP contribution in [0.2, 0.25) is 0 Å². The summed E-state index contributed by atoms with van der Waals surface area (Å²) in [6.45, 7) is 6.14. The van der Waals surface area contributed by atoms with Crippen molar-refractivity contribution in [3.8, 4) is 11.8 Å². The van der Waals surface area contributed by atoms with Gasteiger partial charge >= 0.3 is 6.09 Å². The van der Waals surface area contributed by atoms with Crippen molar-refractivity contribution >= 4 is 6.09 Å². The lowest BCUT2D eigenvalue weighted by Crippen LogP contribution is -2.53. The minimum atomic E-state index is -0.0966. The Kier molecular flexibility index (Phi) is 3.65. The molecule has 1 amide bonds. The summed E-state index contributed by atoms with van der Waals surface area (Å²) < 4.78 is 5.54. The van der Waals surface area contributed by atoms with E-state index in [0.717, 1.165) is 44.6 Å². The number of likely N-dealkylation sites (tertiary alicyclic amines) is 2. The molecular weight excluding hydrogens is 240 g/mol. The minimum absolute atomic E-state index is 0.0756. The number of carbonyl (C=O) groups excluding carboxylic acids is 1. The number of rotatable bonds is 2. The molecule has 0 bridgehead atoms. The van der Waals surface area contributed by atoms with Crippen molar-refractivity contribution in [3.63, 3.8) is 0 Å². The van der Waals surface area contributed by atoms with Crippen LogP contribution in [0, 0.1) is 23.7 Å². The molecule has 0 aromatic heterocycles. The molecule has 104 valence electrons. The largest absolute Gasteiger partial charge is 0.443 e. The molecule has 0 N–H and O–H groups in total. The van der Waals surface area contributed by atoms with Gasteiger partial charge in [-0.1, -0.05) is 12.3 Å². The van der Waals surface area contributed by atoms with Gasteiger partial charge in [0.1, 0.15) is 6.10 Å². The van der Waals surface area contributed by atoms with Crippen LogP contribution in [-0.4, -0.2) is 54.7 Å². The fourth-order valence-electron chi connectivity index (χ4n) is 3.52. The van der Waals surface area contributed by atoms with E-state index in [1.807, 2.05) is 11.8 Å². The van der Waals surface area contributed by atoms with E-state index >= 15 is 0 Å². The summed E-state index contributed by atoms with van der Waals surface area (Å²) in [5, 5.41) is 0. The van der Waals surface area contributed by atoms with E-state index in [4.69, 9.17) is 4.74 Å². The number of carbonyl (C=O) groups is 1. The first kappa shape index (κ1) is 12.8. The highest BCUT2D eigenvalue weighted by atomic mass is 16.6. The molecule has 2 aliphatic heterocycles. The standard InChI is InChI=1S/C15H22N2O2/c1-2-3-7-16-10-14(11-16)19-15(18)17-8-12-5-4-6-13(12)9-17/h12-14H,4-11H2,1H3. The first-order valence-electron chi connectivity index (χ1n) is 7.34. The van der Waals surface area contributed by atoms with E-state index in [0.29, 0.717) is 0 Å². The molecule has 3 aliphatic rings. The van der Waals surface area contributed by atoms with E-state index < -0.39 is 0 Å². The molecule has 2 unspecified atom stereocenters. The molecule has 1 saturated carbocycles. The molecule has 3 rings (SSSR count). The highest BCUT2D eigenvalue weighted by Gasteiger charge is 2.40. The summed E-state index contributed by atoms with van der Waals surface area (Å²) in [7, 11) is 0. The number of fused-ring (bicyclic) bond motifs is 1. The molecule has 0 aromatic carbocycles. The smallest absolute Gasteiger partial charge is 0.410 e. The first-order chi connectivity index (χ1) is 9.26. The van der Waals surface area contributed by atoms with Gasteiger partial charge in [-0.3, -0.25) is 4.90 Å². The van der Waals surface area contributed by atoms with Crippen LogP contribution in [0.25, 0.3) is 0 Å².